The molecule has 1 aliphatic rings. The molecular formula is C36H40N6O. The summed E-state index contributed by atoms with van der Waals surface area (Å²) in [6.07, 6.45) is 12.9. The van der Waals surface area contributed by atoms with E-state index in [0.29, 0.717) is 24.7 Å². The number of hydrogen-bond acceptors (Lipinski definition) is 5. The third-order valence-electron chi connectivity index (χ3n) is 8.75. The Hall–Kier alpha value is -4.39. The van der Waals surface area contributed by atoms with Gasteiger partial charge in [0.25, 0.3) is 0 Å². The van der Waals surface area contributed by atoms with Crippen molar-refractivity contribution in [2.45, 2.75) is 77.7 Å². The van der Waals surface area contributed by atoms with Crippen molar-refractivity contribution in [1.29, 1.82) is 0 Å². The molecule has 0 atom stereocenters. The summed E-state index contributed by atoms with van der Waals surface area (Å²) in [5, 5.41) is 14.9. The van der Waals surface area contributed by atoms with E-state index in [1.165, 1.54) is 38.5 Å². The number of unbranched alkanes of at least 4 members (excludes halogenated alkanes) is 1. The summed E-state index contributed by atoms with van der Waals surface area (Å²) in [5.41, 5.74) is 7.22. The minimum Gasteiger partial charge on any atom is -0.321 e. The molecule has 7 heteroatoms. The molecule has 1 aliphatic carbocycles. The van der Waals surface area contributed by atoms with Crippen LogP contribution < -0.4 is 0 Å². The fraction of sp³-hybridized carbons (Fsp3) is 0.361. The summed E-state index contributed by atoms with van der Waals surface area (Å²) in [6, 6.07) is 25.4. The van der Waals surface area contributed by atoms with Crippen molar-refractivity contribution in [3.05, 3.63) is 96.1 Å². The highest BCUT2D eigenvalue weighted by molar-refractivity contribution is 5.94. The van der Waals surface area contributed by atoms with E-state index in [-0.39, 0.29) is 5.78 Å². The van der Waals surface area contributed by atoms with Crippen LogP contribution in [0.3, 0.4) is 0 Å². The first-order chi connectivity index (χ1) is 21.2. The molecule has 2 heterocycles. The van der Waals surface area contributed by atoms with Crippen molar-refractivity contribution in [3.63, 3.8) is 0 Å². The second-order valence-electron chi connectivity index (χ2n) is 11.8. The predicted octanol–water partition coefficient (Wildman–Crippen LogP) is 8.33. The van der Waals surface area contributed by atoms with Gasteiger partial charge in [-0.05, 0) is 57.5 Å². The van der Waals surface area contributed by atoms with E-state index in [9.17, 15) is 4.79 Å². The third kappa shape index (κ3) is 6.82. The van der Waals surface area contributed by atoms with Crippen LogP contribution in [0.2, 0.25) is 0 Å². The Balaban J connectivity index is 1.28. The zero-order valence-electron chi connectivity index (χ0n) is 25.0. The normalized spacial score (nSPS) is 14.1. The molecule has 5 aromatic rings. The lowest BCUT2D eigenvalue weighted by Crippen LogP contribution is -2.16. The summed E-state index contributed by atoms with van der Waals surface area (Å²) in [6.45, 7) is 2.83. The molecule has 3 aromatic carbocycles. The van der Waals surface area contributed by atoms with Crippen molar-refractivity contribution in [3.8, 4) is 33.6 Å². The van der Waals surface area contributed by atoms with Crippen LogP contribution in [0.15, 0.2) is 79.0 Å². The Labute approximate surface area is 253 Å². The Morgan fingerprint density at radius 1 is 0.884 bits per heavy atom. The Morgan fingerprint density at radius 2 is 1.65 bits per heavy atom. The quantitative estimate of drug-likeness (QED) is 0.127. The van der Waals surface area contributed by atoms with Gasteiger partial charge < -0.3 is 4.57 Å². The Kier molecular flexibility index (Phi) is 9.16. The van der Waals surface area contributed by atoms with Crippen molar-refractivity contribution in [2.75, 3.05) is 0 Å². The molecule has 1 saturated carbocycles. The smallest absolute Gasteiger partial charge is 0.205 e. The van der Waals surface area contributed by atoms with Crippen LogP contribution in [0.4, 0.5) is 0 Å². The van der Waals surface area contributed by atoms with Crippen LogP contribution in [-0.4, -0.2) is 36.0 Å². The summed E-state index contributed by atoms with van der Waals surface area (Å²) < 4.78 is 2.17. The number of rotatable bonds is 11. The molecule has 0 saturated heterocycles. The fourth-order valence-corrected chi connectivity index (χ4v) is 6.32. The summed E-state index contributed by atoms with van der Waals surface area (Å²) in [7, 11) is 0. The molecule has 0 aliphatic heterocycles. The van der Waals surface area contributed by atoms with Crippen molar-refractivity contribution in [2.24, 2.45) is 5.92 Å². The van der Waals surface area contributed by atoms with Crippen molar-refractivity contribution >= 4 is 5.78 Å². The number of tetrazole rings is 1. The number of aromatic amines is 1. The summed E-state index contributed by atoms with van der Waals surface area (Å²) in [4.78, 5) is 18.3. The first-order valence-corrected chi connectivity index (χ1v) is 15.8. The second kappa shape index (κ2) is 13.7. The van der Waals surface area contributed by atoms with Gasteiger partial charge in [0, 0.05) is 24.9 Å². The number of nitrogens with one attached hydrogen (secondary N) is 1. The predicted molar refractivity (Wildman–Crippen MR) is 171 cm³/mol. The fourth-order valence-electron chi connectivity index (χ4n) is 6.32. The zero-order chi connectivity index (χ0) is 29.4. The minimum atomic E-state index is 0.237. The van der Waals surface area contributed by atoms with Gasteiger partial charge in [-0.1, -0.05) is 113 Å². The van der Waals surface area contributed by atoms with E-state index in [4.69, 9.17) is 4.98 Å². The highest BCUT2D eigenvalue weighted by Gasteiger charge is 2.22. The van der Waals surface area contributed by atoms with Crippen LogP contribution in [0, 0.1) is 5.92 Å². The van der Waals surface area contributed by atoms with Gasteiger partial charge >= 0.3 is 0 Å². The third-order valence-corrected chi connectivity index (χ3v) is 8.75. The van der Waals surface area contributed by atoms with Crippen LogP contribution >= 0.6 is 0 Å². The number of carbonyl (C=O) groups excluding carboxylic acids is 1. The number of aromatic nitrogens is 6. The van der Waals surface area contributed by atoms with Gasteiger partial charge in [-0.25, -0.2) is 4.98 Å². The molecule has 7 nitrogen and oxygen atoms in total. The molecule has 6 rings (SSSR count). The van der Waals surface area contributed by atoms with Gasteiger partial charge in [0.2, 0.25) is 5.82 Å². The first-order valence-electron chi connectivity index (χ1n) is 15.8. The van der Waals surface area contributed by atoms with Gasteiger partial charge in [-0.15, -0.1) is 10.2 Å². The number of carbonyl (C=O) groups is 1. The molecular weight excluding hydrogens is 532 g/mol. The molecule has 0 unspecified atom stereocenters. The number of hydrogen-bond donors (Lipinski definition) is 1. The molecule has 0 spiro atoms. The van der Waals surface area contributed by atoms with E-state index < -0.39 is 0 Å². The van der Waals surface area contributed by atoms with Gasteiger partial charge in [-0.3, -0.25) is 4.79 Å². The summed E-state index contributed by atoms with van der Waals surface area (Å²) in [5.74, 6) is 2.30. The molecule has 0 radical (unpaired) electrons. The Bertz CT molecular complexity index is 1610. The minimum absolute atomic E-state index is 0.237. The highest BCUT2D eigenvalue weighted by atomic mass is 16.1. The van der Waals surface area contributed by atoms with Gasteiger partial charge in [0.15, 0.2) is 5.78 Å². The number of aryl methyl sites for hydroxylation is 1. The molecule has 1 N–H and O–H groups in total. The molecule has 0 amide bonds. The lowest BCUT2D eigenvalue weighted by atomic mass is 9.93. The number of Topliss-reactive ketones (excluding diaryl/α,β-unsaturated/α-hetero) is 1. The molecule has 220 valence electrons. The van der Waals surface area contributed by atoms with E-state index in [1.54, 1.807) is 0 Å². The van der Waals surface area contributed by atoms with Crippen LogP contribution in [0.1, 0.15) is 86.6 Å². The van der Waals surface area contributed by atoms with Crippen LogP contribution in [-0.2, 0) is 13.0 Å². The zero-order valence-corrected chi connectivity index (χ0v) is 25.0. The summed E-state index contributed by atoms with van der Waals surface area (Å²) >= 11 is 0. The maximum atomic E-state index is 13.6. The van der Waals surface area contributed by atoms with Gasteiger partial charge in [0.1, 0.15) is 11.5 Å². The molecule has 43 heavy (non-hydrogen) atoms. The van der Waals surface area contributed by atoms with E-state index in [0.717, 1.165) is 64.2 Å². The lowest BCUT2D eigenvalue weighted by Gasteiger charge is -2.16. The van der Waals surface area contributed by atoms with E-state index in [1.807, 2.05) is 12.3 Å². The van der Waals surface area contributed by atoms with Gasteiger partial charge in [0.05, 0.1) is 6.20 Å². The maximum absolute atomic E-state index is 13.6. The molecule has 2 aromatic heterocycles. The molecule has 1 fully saturated rings. The van der Waals surface area contributed by atoms with Crippen LogP contribution in [0.25, 0.3) is 33.6 Å². The number of nitrogens with zero attached hydrogens (tertiary/aromatic N) is 5. The van der Waals surface area contributed by atoms with Crippen molar-refractivity contribution < 1.29 is 4.79 Å². The SMILES string of the molecule is CCCCc1ncc(C(=O)CC2CCCCCC2)n1Cc1ccc(-c2cc(-c3ccccc3)ccc2-c2nn[nH]n2)cc1. The number of benzene rings is 3. The number of imidazole rings is 1. The lowest BCUT2D eigenvalue weighted by molar-refractivity contribution is 0.0948. The monoisotopic (exact) mass is 572 g/mol. The average Bonchev–Trinajstić information content (AvgIpc) is 3.65. The van der Waals surface area contributed by atoms with Crippen LogP contribution in [0.5, 0.6) is 0 Å². The second-order valence-corrected chi connectivity index (χ2v) is 11.8. The maximum Gasteiger partial charge on any atom is 0.205 e. The largest absolute Gasteiger partial charge is 0.321 e. The highest BCUT2D eigenvalue weighted by Crippen LogP contribution is 2.34. The van der Waals surface area contributed by atoms with E-state index >= 15 is 0 Å². The first kappa shape index (κ1) is 28.7. The average molecular weight is 573 g/mol. The Morgan fingerprint density at radius 3 is 2.37 bits per heavy atom. The topological polar surface area (TPSA) is 89.4 Å². The number of H-pyrrole nitrogens is 1. The van der Waals surface area contributed by atoms with E-state index in [2.05, 4.69) is 98.8 Å². The van der Waals surface area contributed by atoms with Crippen molar-refractivity contribution in [1.82, 2.24) is 30.2 Å². The standard InChI is InChI=1S/C36H40N6O/c1-2-3-15-35-37-24-33(34(43)22-26-11-7-4-5-8-12-26)42(35)25-27-16-18-29(19-17-27)32-23-30(28-13-9-6-10-14-28)20-21-31(32)36-38-40-41-39-36/h6,9-10,13-14,16-21,23-24,26H,2-5,7-8,11-12,15,22,25H2,1H3,(H,38,39,40,41). The van der Waals surface area contributed by atoms with Gasteiger partial charge in [-0.2, -0.15) is 5.21 Å². The number of ketones is 1. The molecule has 0 bridgehead atoms.